The van der Waals surface area contributed by atoms with Crippen LogP contribution >= 0.6 is 11.6 Å². The van der Waals surface area contributed by atoms with Gasteiger partial charge in [-0.2, -0.15) is 4.98 Å². The number of rotatable bonds is 6. The third-order valence-corrected chi connectivity index (χ3v) is 5.83. The Bertz CT molecular complexity index is 1520. The Morgan fingerprint density at radius 3 is 3.03 bits per heavy atom. The lowest BCUT2D eigenvalue weighted by atomic mass is 10.0. The van der Waals surface area contributed by atoms with Gasteiger partial charge in [0.25, 0.3) is 11.8 Å². The van der Waals surface area contributed by atoms with Gasteiger partial charge in [0, 0.05) is 36.2 Å². The number of amides is 1. The maximum Gasteiger partial charge on any atom is 0.260 e. The Kier molecular flexibility index (Phi) is 5.92. The topological polar surface area (TPSA) is 99.9 Å². The van der Waals surface area contributed by atoms with Gasteiger partial charge in [0.15, 0.2) is 5.82 Å². The zero-order valence-corrected chi connectivity index (χ0v) is 19.4. The second-order valence-corrected chi connectivity index (χ2v) is 8.46. The molecule has 3 aromatic heterocycles. The molecule has 8 nitrogen and oxygen atoms in total. The Morgan fingerprint density at radius 2 is 2.20 bits per heavy atom. The van der Waals surface area contributed by atoms with Crippen molar-refractivity contribution in [2.75, 3.05) is 0 Å². The predicted octanol–water partition coefficient (Wildman–Crippen LogP) is 4.88. The maximum absolute atomic E-state index is 13.9. The van der Waals surface area contributed by atoms with E-state index >= 15 is 0 Å². The molecule has 0 radical (unpaired) electrons. The number of carbonyl (C=O) groups excluding carboxylic acids is 1. The molecule has 176 valence electrons. The molecule has 0 spiro atoms. The molecule has 1 aliphatic heterocycles. The lowest BCUT2D eigenvalue weighted by Crippen LogP contribution is -2.31. The zero-order chi connectivity index (χ0) is 24.5. The van der Waals surface area contributed by atoms with Crippen LogP contribution in [-0.4, -0.2) is 30.9 Å². The summed E-state index contributed by atoms with van der Waals surface area (Å²) < 4.78 is 19.2. The van der Waals surface area contributed by atoms with Crippen molar-refractivity contribution in [2.24, 2.45) is 0 Å². The van der Waals surface area contributed by atoms with E-state index in [0.717, 1.165) is 16.5 Å². The van der Waals surface area contributed by atoms with Crippen LogP contribution in [0.15, 0.2) is 82.9 Å². The fourth-order valence-electron chi connectivity index (χ4n) is 3.82. The van der Waals surface area contributed by atoms with Crippen LogP contribution in [-0.2, 0) is 17.9 Å². The van der Waals surface area contributed by atoms with Crippen molar-refractivity contribution in [1.29, 1.82) is 0 Å². The summed E-state index contributed by atoms with van der Waals surface area (Å²) in [6.45, 7) is 6.34. The fraction of sp³-hybridized carbons (Fsp3) is 0.120. The van der Waals surface area contributed by atoms with Gasteiger partial charge in [-0.3, -0.25) is 4.79 Å². The smallest absolute Gasteiger partial charge is 0.260 e. The molecule has 1 amide bonds. The van der Waals surface area contributed by atoms with E-state index in [1.807, 2.05) is 25.3 Å². The molecule has 0 aliphatic carbocycles. The van der Waals surface area contributed by atoms with Crippen LogP contribution in [0.3, 0.4) is 0 Å². The van der Waals surface area contributed by atoms with Gasteiger partial charge in [-0.15, -0.1) is 0 Å². The molecule has 10 heteroatoms. The van der Waals surface area contributed by atoms with Gasteiger partial charge < -0.3 is 19.7 Å². The quantitative estimate of drug-likeness (QED) is 0.399. The molecule has 0 atom stereocenters. The van der Waals surface area contributed by atoms with Crippen LogP contribution in [0.25, 0.3) is 22.5 Å². The number of H-pyrrole nitrogens is 1. The summed E-state index contributed by atoms with van der Waals surface area (Å²) >= 11 is 5.78. The monoisotopic (exact) mass is 490 g/mol. The van der Waals surface area contributed by atoms with E-state index in [1.165, 1.54) is 12.1 Å². The van der Waals surface area contributed by atoms with Crippen molar-refractivity contribution in [2.45, 2.75) is 20.0 Å². The van der Waals surface area contributed by atoms with E-state index in [-0.39, 0.29) is 17.5 Å². The van der Waals surface area contributed by atoms with Crippen molar-refractivity contribution in [3.05, 3.63) is 101 Å². The molecule has 1 aliphatic rings. The maximum atomic E-state index is 13.9. The second-order valence-electron chi connectivity index (χ2n) is 8.05. The van der Waals surface area contributed by atoms with Crippen LogP contribution < -0.4 is 5.32 Å². The summed E-state index contributed by atoms with van der Waals surface area (Å²) in [6, 6.07) is 8.34. The minimum atomic E-state index is -0.496. The standard InChI is InChI=1S/C25H20ClFN6O2/c1-14-8-18(15(2)33(12-14)13-16-5-6-20(26)21(27)9-16)24(34)30-11-22-31-25(35-32-22)19-10-29-23-17(19)4-3-7-28-23/h3-10,12H,2,11,13H2,1H3,(H,28,29)(H,30,34). The Hall–Kier alpha value is -4.24. The zero-order valence-electron chi connectivity index (χ0n) is 18.7. The Balaban J connectivity index is 1.26. The van der Waals surface area contributed by atoms with Crippen LogP contribution in [0.5, 0.6) is 0 Å². The number of allylic oxidation sites excluding steroid dienone is 2. The minimum Gasteiger partial charge on any atom is -0.345 e. The number of benzene rings is 1. The molecule has 0 bridgehead atoms. The van der Waals surface area contributed by atoms with Gasteiger partial charge >= 0.3 is 0 Å². The summed E-state index contributed by atoms with van der Waals surface area (Å²) in [7, 11) is 0. The van der Waals surface area contributed by atoms with Crippen LogP contribution in [0.1, 0.15) is 18.3 Å². The predicted molar refractivity (Wildman–Crippen MR) is 129 cm³/mol. The van der Waals surface area contributed by atoms with Gasteiger partial charge in [-0.25, -0.2) is 9.37 Å². The number of aromatic amines is 1. The highest BCUT2D eigenvalue weighted by Crippen LogP contribution is 2.27. The third-order valence-electron chi connectivity index (χ3n) is 5.53. The largest absolute Gasteiger partial charge is 0.345 e. The van der Waals surface area contributed by atoms with Gasteiger partial charge in [-0.05, 0) is 48.4 Å². The van der Waals surface area contributed by atoms with Crippen molar-refractivity contribution < 1.29 is 13.7 Å². The van der Waals surface area contributed by atoms with Gasteiger partial charge in [0.05, 0.1) is 22.7 Å². The second kappa shape index (κ2) is 9.19. The van der Waals surface area contributed by atoms with Gasteiger partial charge in [0.1, 0.15) is 11.5 Å². The first-order valence-electron chi connectivity index (χ1n) is 10.7. The van der Waals surface area contributed by atoms with E-state index < -0.39 is 5.82 Å². The molecule has 35 heavy (non-hydrogen) atoms. The number of pyridine rings is 1. The highest BCUT2D eigenvalue weighted by atomic mass is 35.5. The van der Waals surface area contributed by atoms with Crippen molar-refractivity contribution >= 4 is 28.5 Å². The average molecular weight is 491 g/mol. The minimum absolute atomic E-state index is 0.0592. The number of aromatic nitrogens is 4. The number of halogens is 2. The van der Waals surface area contributed by atoms with E-state index in [2.05, 4.69) is 32.0 Å². The van der Waals surface area contributed by atoms with Crippen LogP contribution in [0, 0.1) is 5.82 Å². The number of nitrogens with one attached hydrogen (secondary N) is 2. The molecule has 4 aromatic rings. The number of nitrogens with zero attached hydrogens (tertiary/aromatic N) is 4. The molecule has 0 unspecified atom stereocenters. The highest BCUT2D eigenvalue weighted by Gasteiger charge is 2.22. The third kappa shape index (κ3) is 4.58. The average Bonchev–Trinajstić information content (AvgIpc) is 3.49. The summed E-state index contributed by atoms with van der Waals surface area (Å²) in [6.07, 6.45) is 7.04. The molecule has 0 fully saturated rings. The fourth-order valence-corrected chi connectivity index (χ4v) is 3.94. The molecule has 0 saturated carbocycles. The van der Waals surface area contributed by atoms with Crippen molar-refractivity contribution in [1.82, 2.24) is 30.3 Å². The molecule has 4 heterocycles. The number of fused-ring (bicyclic) bond motifs is 1. The van der Waals surface area contributed by atoms with Gasteiger partial charge in [-0.1, -0.05) is 29.4 Å². The molecular weight excluding hydrogens is 471 g/mol. The highest BCUT2D eigenvalue weighted by molar-refractivity contribution is 6.30. The summed E-state index contributed by atoms with van der Waals surface area (Å²) in [5, 5.41) is 7.70. The van der Waals surface area contributed by atoms with E-state index in [4.69, 9.17) is 16.1 Å². The Morgan fingerprint density at radius 1 is 1.34 bits per heavy atom. The first kappa shape index (κ1) is 22.5. The summed E-state index contributed by atoms with van der Waals surface area (Å²) in [5.74, 6) is -0.175. The van der Waals surface area contributed by atoms with Crippen molar-refractivity contribution in [3.63, 3.8) is 0 Å². The van der Waals surface area contributed by atoms with E-state index in [9.17, 15) is 9.18 Å². The number of carbonyl (C=O) groups is 1. The SMILES string of the molecule is C=C1C(C(=O)NCc2noc(-c3c[nH]c4ncccc34)n2)=CC(C)=CN1Cc1ccc(Cl)c(F)c1. The molecule has 5 rings (SSSR count). The summed E-state index contributed by atoms with van der Waals surface area (Å²) in [5.41, 5.74) is 3.89. The van der Waals surface area contributed by atoms with E-state index in [0.29, 0.717) is 40.7 Å². The lowest BCUT2D eigenvalue weighted by Gasteiger charge is -2.28. The molecule has 1 aromatic carbocycles. The lowest BCUT2D eigenvalue weighted by molar-refractivity contribution is -0.117. The first-order valence-corrected chi connectivity index (χ1v) is 11.1. The Labute approximate surface area is 204 Å². The van der Waals surface area contributed by atoms with E-state index in [1.54, 1.807) is 29.4 Å². The normalized spacial score (nSPS) is 13.7. The molecular formula is C25H20ClFN6O2. The van der Waals surface area contributed by atoms with Gasteiger partial charge in [0.2, 0.25) is 0 Å². The number of hydrogen-bond acceptors (Lipinski definition) is 6. The number of hydrogen-bond donors (Lipinski definition) is 2. The van der Waals surface area contributed by atoms with Crippen molar-refractivity contribution in [3.8, 4) is 11.5 Å². The first-order chi connectivity index (χ1) is 16.9. The van der Waals surface area contributed by atoms with Crippen LogP contribution in [0.2, 0.25) is 5.02 Å². The van der Waals surface area contributed by atoms with Crippen LogP contribution in [0.4, 0.5) is 4.39 Å². The molecule has 0 saturated heterocycles. The summed E-state index contributed by atoms with van der Waals surface area (Å²) in [4.78, 5) is 26.5. The molecule has 2 N–H and O–H groups in total.